The van der Waals surface area contributed by atoms with Crippen LogP contribution in [0, 0.1) is 26.7 Å². The van der Waals surface area contributed by atoms with Crippen LogP contribution in [0.25, 0.3) is 0 Å². The van der Waals surface area contributed by atoms with Gasteiger partial charge in [-0.25, -0.2) is 0 Å². The third kappa shape index (κ3) is 4.45. The normalized spacial score (nSPS) is 16.6. The Bertz CT molecular complexity index is 915. The summed E-state index contributed by atoms with van der Waals surface area (Å²) >= 11 is 0. The number of carbonyl (C=O) groups excluding carboxylic acids is 2. The molecule has 0 radical (unpaired) electrons. The molecule has 0 unspecified atom stereocenters. The van der Waals surface area contributed by atoms with Crippen molar-refractivity contribution in [1.29, 1.82) is 0 Å². The van der Waals surface area contributed by atoms with E-state index in [0.717, 1.165) is 16.8 Å². The van der Waals surface area contributed by atoms with Crippen molar-refractivity contribution in [2.24, 2.45) is 5.92 Å². The topological polar surface area (TPSA) is 82.3 Å². The first-order valence-corrected chi connectivity index (χ1v) is 9.14. The molecule has 0 aliphatic carbocycles. The number of likely N-dealkylation sites (tertiary alicyclic amines) is 1. The predicted octanol–water partition coefficient (Wildman–Crippen LogP) is 1.97. The first kappa shape index (κ1) is 18.9. The number of carbonyl (C=O) groups is 2. The average Bonchev–Trinajstić information content (AvgIpc) is 2.96. The third-order valence-electron chi connectivity index (χ3n) is 5.01. The number of H-pyrrole nitrogens is 1. The first-order chi connectivity index (χ1) is 12.8. The molecular formula is C21H25N3O3. The molecule has 2 aromatic rings. The standard InChI is InChI=1S/C21H25N3O3/c1-13-4-6-16(7-5-13)11-24-12-17(9-19(24)25)20(26)22-10-18-14(2)8-15(3)23-21(18)27/h4-8,17H,9-12H2,1-3H3,(H,22,26)(H,23,27)/t17-/m0/s1. The lowest BCUT2D eigenvalue weighted by Gasteiger charge is -2.17. The number of amides is 2. The van der Waals surface area contributed by atoms with Crippen LogP contribution < -0.4 is 10.9 Å². The molecule has 6 heteroatoms. The number of hydrogen-bond acceptors (Lipinski definition) is 3. The van der Waals surface area contributed by atoms with Crippen LogP contribution in [0.15, 0.2) is 35.1 Å². The number of aryl methyl sites for hydroxylation is 3. The number of aromatic nitrogens is 1. The lowest BCUT2D eigenvalue weighted by atomic mass is 10.1. The molecule has 142 valence electrons. The van der Waals surface area contributed by atoms with E-state index in [1.54, 1.807) is 4.90 Å². The molecule has 1 aliphatic heterocycles. The smallest absolute Gasteiger partial charge is 0.253 e. The van der Waals surface area contributed by atoms with Crippen LogP contribution in [-0.4, -0.2) is 28.2 Å². The van der Waals surface area contributed by atoms with Crippen molar-refractivity contribution >= 4 is 11.8 Å². The highest BCUT2D eigenvalue weighted by atomic mass is 16.2. The number of aromatic amines is 1. The van der Waals surface area contributed by atoms with Crippen molar-refractivity contribution in [3.05, 3.63) is 68.6 Å². The molecule has 0 bridgehead atoms. The fourth-order valence-corrected chi connectivity index (χ4v) is 3.44. The van der Waals surface area contributed by atoms with Crippen LogP contribution in [-0.2, 0) is 22.7 Å². The van der Waals surface area contributed by atoms with Crippen molar-refractivity contribution in [2.75, 3.05) is 6.54 Å². The monoisotopic (exact) mass is 367 g/mol. The van der Waals surface area contributed by atoms with Gasteiger partial charge in [0.15, 0.2) is 0 Å². The molecule has 1 aromatic carbocycles. The zero-order valence-electron chi connectivity index (χ0n) is 16.0. The zero-order valence-corrected chi connectivity index (χ0v) is 16.0. The minimum absolute atomic E-state index is 0.0138. The molecule has 1 fully saturated rings. The second-order valence-corrected chi connectivity index (χ2v) is 7.32. The summed E-state index contributed by atoms with van der Waals surface area (Å²) in [5.41, 5.74) is 4.23. The Morgan fingerprint density at radius 1 is 1.19 bits per heavy atom. The van der Waals surface area contributed by atoms with Gasteiger partial charge in [-0.1, -0.05) is 29.8 Å². The van der Waals surface area contributed by atoms with Crippen molar-refractivity contribution < 1.29 is 9.59 Å². The molecule has 2 N–H and O–H groups in total. The maximum Gasteiger partial charge on any atom is 0.253 e. The van der Waals surface area contributed by atoms with Crippen LogP contribution in [0.5, 0.6) is 0 Å². The van der Waals surface area contributed by atoms with Gasteiger partial charge in [0.05, 0.1) is 5.92 Å². The van der Waals surface area contributed by atoms with Gasteiger partial charge >= 0.3 is 0 Å². The minimum Gasteiger partial charge on any atom is -0.351 e. The predicted molar refractivity (Wildman–Crippen MR) is 103 cm³/mol. The van der Waals surface area contributed by atoms with Gasteiger partial charge < -0.3 is 15.2 Å². The van der Waals surface area contributed by atoms with Gasteiger partial charge in [-0.3, -0.25) is 14.4 Å². The van der Waals surface area contributed by atoms with E-state index in [0.29, 0.717) is 18.7 Å². The minimum atomic E-state index is -0.382. The Kier molecular flexibility index (Phi) is 5.44. The Morgan fingerprint density at radius 2 is 1.89 bits per heavy atom. The second kappa shape index (κ2) is 7.78. The number of benzene rings is 1. The van der Waals surface area contributed by atoms with Crippen LogP contribution in [0.1, 0.15) is 34.4 Å². The highest BCUT2D eigenvalue weighted by Gasteiger charge is 2.34. The van der Waals surface area contributed by atoms with E-state index in [1.165, 1.54) is 5.56 Å². The largest absolute Gasteiger partial charge is 0.351 e. The van der Waals surface area contributed by atoms with E-state index >= 15 is 0 Å². The molecule has 2 heterocycles. The van der Waals surface area contributed by atoms with Gasteiger partial charge in [-0.05, 0) is 38.0 Å². The molecule has 27 heavy (non-hydrogen) atoms. The van der Waals surface area contributed by atoms with Crippen LogP contribution >= 0.6 is 0 Å². The molecule has 1 aromatic heterocycles. The summed E-state index contributed by atoms with van der Waals surface area (Å²) in [5, 5.41) is 2.82. The summed E-state index contributed by atoms with van der Waals surface area (Å²) in [6.07, 6.45) is 0.209. The van der Waals surface area contributed by atoms with Gasteiger partial charge in [0.25, 0.3) is 5.56 Å². The van der Waals surface area contributed by atoms with Gasteiger partial charge in [0.2, 0.25) is 11.8 Å². The van der Waals surface area contributed by atoms with Crippen molar-refractivity contribution in [1.82, 2.24) is 15.2 Å². The first-order valence-electron chi connectivity index (χ1n) is 9.14. The Morgan fingerprint density at radius 3 is 2.56 bits per heavy atom. The Balaban J connectivity index is 1.59. The van der Waals surface area contributed by atoms with Crippen LogP contribution in [0.3, 0.4) is 0 Å². The SMILES string of the molecule is Cc1ccc(CN2C[C@@H](C(=O)NCc3c(C)cc(C)[nH]c3=O)CC2=O)cc1. The van der Waals surface area contributed by atoms with Gasteiger partial charge in [-0.2, -0.15) is 0 Å². The summed E-state index contributed by atoms with van der Waals surface area (Å²) in [7, 11) is 0. The van der Waals surface area contributed by atoms with E-state index in [1.807, 2.05) is 51.1 Å². The van der Waals surface area contributed by atoms with Gasteiger partial charge in [0, 0.05) is 37.3 Å². The Labute approximate surface area is 158 Å². The molecule has 2 amide bonds. The average molecular weight is 367 g/mol. The van der Waals surface area contributed by atoms with Crippen LogP contribution in [0.2, 0.25) is 0 Å². The molecule has 0 saturated carbocycles. The number of pyridine rings is 1. The van der Waals surface area contributed by atoms with E-state index in [-0.39, 0.29) is 36.3 Å². The summed E-state index contributed by atoms with van der Waals surface area (Å²) in [4.78, 5) is 41.3. The quantitative estimate of drug-likeness (QED) is 0.848. The molecule has 1 atom stereocenters. The van der Waals surface area contributed by atoms with E-state index < -0.39 is 0 Å². The van der Waals surface area contributed by atoms with E-state index in [2.05, 4.69) is 10.3 Å². The van der Waals surface area contributed by atoms with Crippen molar-refractivity contribution in [2.45, 2.75) is 40.3 Å². The third-order valence-corrected chi connectivity index (χ3v) is 5.01. The summed E-state index contributed by atoms with van der Waals surface area (Å²) in [6, 6.07) is 9.92. The number of hydrogen-bond donors (Lipinski definition) is 2. The van der Waals surface area contributed by atoms with E-state index in [9.17, 15) is 14.4 Å². The highest BCUT2D eigenvalue weighted by molar-refractivity contribution is 5.89. The zero-order chi connectivity index (χ0) is 19.6. The fourth-order valence-electron chi connectivity index (χ4n) is 3.44. The lowest BCUT2D eigenvalue weighted by Crippen LogP contribution is -2.34. The maximum absolute atomic E-state index is 12.5. The van der Waals surface area contributed by atoms with Gasteiger partial charge in [-0.15, -0.1) is 0 Å². The van der Waals surface area contributed by atoms with Crippen molar-refractivity contribution in [3.63, 3.8) is 0 Å². The number of nitrogens with one attached hydrogen (secondary N) is 2. The Hall–Kier alpha value is -2.89. The molecule has 0 spiro atoms. The van der Waals surface area contributed by atoms with Crippen molar-refractivity contribution in [3.8, 4) is 0 Å². The molecule has 6 nitrogen and oxygen atoms in total. The fraction of sp³-hybridized carbons (Fsp3) is 0.381. The van der Waals surface area contributed by atoms with E-state index in [4.69, 9.17) is 0 Å². The number of rotatable bonds is 5. The second-order valence-electron chi connectivity index (χ2n) is 7.32. The lowest BCUT2D eigenvalue weighted by molar-refractivity contribution is -0.129. The molecule has 1 saturated heterocycles. The summed E-state index contributed by atoms with van der Waals surface area (Å²) in [6.45, 7) is 6.78. The summed E-state index contributed by atoms with van der Waals surface area (Å²) in [5.74, 6) is -0.581. The van der Waals surface area contributed by atoms with Gasteiger partial charge in [0.1, 0.15) is 0 Å². The van der Waals surface area contributed by atoms with Crippen LogP contribution in [0.4, 0.5) is 0 Å². The highest BCUT2D eigenvalue weighted by Crippen LogP contribution is 2.21. The molecule has 1 aliphatic rings. The maximum atomic E-state index is 12.5. The number of nitrogens with zero attached hydrogens (tertiary/aromatic N) is 1. The molecular weight excluding hydrogens is 342 g/mol. The molecule has 3 rings (SSSR count). The summed E-state index contributed by atoms with van der Waals surface area (Å²) < 4.78 is 0.